The van der Waals surface area contributed by atoms with Gasteiger partial charge < -0.3 is 10.8 Å². The Balaban J connectivity index is 2.36. The van der Waals surface area contributed by atoms with Gasteiger partial charge in [-0.05, 0) is 30.5 Å². The van der Waals surface area contributed by atoms with E-state index < -0.39 is 0 Å². The van der Waals surface area contributed by atoms with Gasteiger partial charge in [-0.15, -0.1) is 0 Å². The van der Waals surface area contributed by atoms with Crippen molar-refractivity contribution in [2.75, 3.05) is 13.2 Å². The minimum Gasteiger partial charge on any atom is -0.396 e. The third kappa shape index (κ3) is 1.71. The van der Waals surface area contributed by atoms with Gasteiger partial charge in [0, 0.05) is 21.8 Å². The zero-order valence-electron chi connectivity index (χ0n) is 9.54. The van der Waals surface area contributed by atoms with Crippen molar-refractivity contribution in [3.05, 3.63) is 34.3 Å². The molecule has 0 bridgehead atoms. The van der Waals surface area contributed by atoms with Gasteiger partial charge in [-0.2, -0.15) is 0 Å². The second-order valence-electron chi connectivity index (χ2n) is 5.01. The molecule has 2 nitrogen and oxygen atoms in total. The van der Waals surface area contributed by atoms with E-state index in [-0.39, 0.29) is 17.4 Å². The van der Waals surface area contributed by atoms with Crippen LogP contribution in [0.25, 0.3) is 0 Å². The van der Waals surface area contributed by atoms with Crippen molar-refractivity contribution in [2.45, 2.75) is 25.2 Å². The molecule has 0 radical (unpaired) electrons. The third-order valence-electron chi connectivity index (χ3n) is 4.10. The summed E-state index contributed by atoms with van der Waals surface area (Å²) < 4.78 is 1.09. The Morgan fingerprint density at radius 1 is 1.38 bits per heavy atom. The fraction of sp³-hybridized carbons (Fsp3) is 0.538. The Morgan fingerprint density at radius 2 is 1.94 bits per heavy atom. The molecule has 0 amide bonds. The molecule has 1 aliphatic carbocycles. The van der Waals surface area contributed by atoms with Crippen LogP contribution in [-0.4, -0.2) is 18.3 Å². The molecule has 0 aliphatic heterocycles. The molecule has 1 aromatic carbocycles. The van der Waals surface area contributed by atoms with Crippen LogP contribution in [0.1, 0.15) is 25.3 Å². The van der Waals surface area contributed by atoms with Gasteiger partial charge in [0.1, 0.15) is 0 Å². The maximum absolute atomic E-state index is 9.59. The first-order valence-corrected chi connectivity index (χ1v) is 6.44. The second-order valence-corrected chi connectivity index (χ2v) is 5.93. The smallest absolute Gasteiger partial charge is 0.0505 e. The number of benzene rings is 1. The molecule has 1 aliphatic rings. The molecule has 3 N–H and O–H groups in total. The summed E-state index contributed by atoms with van der Waals surface area (Å²) in [5, 5.41) is 9.59. The number of halogens is 1. The lowest BCUT2D eigenvalue weighted by Crippen LogP contribution is -2.42. The second kappa shape index (κ2) is 4.13. The molecule has 1 saturated carbocycles. The van der Waals surface area contributed by atoms with Gasteiger partial charge in [0.25, 0.3) is 0 Å². The van der Waals surface area contributed by atoms with Crippen LogP contribution < -0.4 is 5.73 Å². The van der Waals surface area contributed by atoms with E-state index >= 15 is 0 Å². The number of rotatable bonds is 4. The van der Waals surface area contributed by atoms with E-state index in [0.29, 0.717) is 6.54 Å². The standard InChI is InChI=1S/C13H18BrNO/c1-12(8-15,9-16)13(6-7-13)10-2-4-11(14)5-3-10/h2-5,16H,6-9,15H2,1H3. The molecular weight excluding hydrogens is 266 g/mol. The van der Waals surface area contributed by atoms with Crippen molar-refractivity contribution in [3.63, 3.8) is 0 Å². The predicted molar refractivity (Wildman–Crippen MR) is 69.3 cm³/mol. The average molecular weight is 284 g/mol. The molecule has 88 valence electrons. The lowest BCUT2D eigenvalue weighted by atomic mass is 9.71. The summed E-state index contributed by atoms with van der Waals surface area (Å²) in [5.41, 5.74) is 7.05. The Kier molecular flexibility index (Phi) is 3.12. The van der Waals surface area contributed by atoms with E-state index in [4.69, 9.17) is 5.73 Å². The minimum absolute atomic E-state index is 0.0944. The first-order chi connectivity index (χ1) is 7.58. The molecule has 2 rings (SSSR count). The molecule has 0 saturated heterocycles. The zero-order valence-corrected chi connectivity index (χ0v) is 11.1. The Bertz CT molecular complexity index is 366. The van der Waals surface area contributed by atoms with Crippen molar-refractivity contribution in [3.8, 4) is 0 Å². The van der Waals surface area contributed by atoms with Gasteiger partial charge in [0.2, 0.25) is 0 Å². The normalized spacial score (nSPS) is 21.5. The highest BCUT2D eigenvalue weighted by atomic mass is 79.9. The molecule has 0 spiro atoms. The van der Waals surface area contributed by atoms with Crippen LogP contribution in [0.3, 0.4) is 0 Å². The molecule has 3 heteroatoms. The number of aliphatic hydroxyl groups is 1. The van der Waals surface area contributed by atoms with Gasteiger partial charge in [-0.25, -0.2) is 0 Å². The van der Waals surface area contributed by atoms with Crippen molar-refractivity contribution < 1.29 is 5.11 Å². The van der Waals surface area contributed by atoms with Crippen molar-refractivity contribution in [1.82, 2.24) is 0 Å². The van der Waals surface area contributed by atoms with E-state index in [1.165, 1.54) is 5.56 Å². The highest BCUT2D eigenvalue weighted by molar-refractivity contribution is 9.10. The van der Waals surface area contributed by atoms with Crippen LogP contribution in [-0.2, 0) is 5.41 Å². The first-order valence-electron chi connectivity index (χ1n) is 5.65. The summed E-state index contributed by atoms with van der Waals surface area (Å²) in [4.78, 5) is 0. The van der Waals surface area contributed by atoms with Crippen LogP contribution in [0.4, 0.5) is 0 Å². The van der Waals surface area contributed by atoms with E-state index in [9.17, 15) is 5.11 Å². The average Bonchev–Trinajstić information content (AvgIpc) is 3.10. The summed E-state index contributed by atoms with van der Waals surface area (Å²) in [6.45, 7) is 2.77. The first kappa shape index (κ1) is 12.1. The number of hydrogen-bond acceptors (Lipinski definition) is 2. The fourth-order valence-electron chi connectivity index (χ4n) is 2.55. The fourth-order valence-corrected chi connectivity index (χ4v) is 2.81. The molecular formula is C13H18BrNO. The summed E-state index contributed by atoms with van der Waals surface area (Å²) >= 11 is 3.44. The topological polar surface area (TPSA) is 46.2 Å². The summed E-state index contributed by atoms with van der Waals surface area (Å²) in [7, 11) is 0. The Morgan fingerprint density at radius 3 is 2.31 bits per heavy atom. The van der Waals surface area contributed by atoms with Crippen LogP contribution >= 0.6 is 15.9 Å². The van der Waals surface area contributed by atoms with Crippen molar-refractivity contribution in [2.24, 2.45) is 11.1 Å². The monoisotopic (exact) mass is 283 g/mol. The van der Waals surface area contributed by atoms with Gasteiger partial charge in [-0.3, -0.25) is 0 Å². The number of nitrogens with two attached hydrogens (primary N) is 1. The largest absolute Gasteiger partial charge is 0.396 e. The third-order valence-corrected chi connectivity index (χ3v) is 4.63. The molecule has 1 fully saturated rings. The molecule has 1 atom stereocenters. The van der Waals surface area contributed by atoms with Crippen LogP contribution in [0.5, 0.6) is 0 Å². The summed E-state index contributed by atoms with van der Waals surface area (Å²) in [5.74, 6) is 0. The van der Waals surface area contributed by atoms with Crippen LogP contribution in [0.15, 0.2) is 28.7 Å². The number of hydrogen-bond donors (Lipinski definition) is 2. The molecule has 16 heavy (non-hydrogen) atoms. The van der Waals surface area contributed by atoms with E-state index in [0.717, 1.165) is 17.3 Å². The molecule has 0 heterocycles. The lowest BCUT2D eigenvalue weighted by molar-refractivity contribution is 0.109. The molecule has 0 aromatic heterocycles. The van der Waals surface area contributed by atoms with Gasteiger partial charge in [0.05, 0.1) is 6.61 Å². The van der Waals surface area contributed by atoms with Crippen molar-refractivity contribution >= 4 is 15.9 Å². The summed E-state index contributed by atoms with van der Waals surface area (Å²) in [6, 6.07) is 8.40. The van der Waals surface area contributed by atoms with Crippen molar-refractivity contribution in [1.29, 1.82) is 0 Å². The summed E-state index contributed by atoms with van der Waals surface area (Å²) in [6.07, 6.45) is 2.26. The minimum atomic E-state index is -0.194. The SMILES string of the molecule is CC(CN)(CO)C1(c2ccc(Br)cc2)CC1. The van der Waals surface area contributed by atoms with Gasteiger partial charge >= 0.3 is 0 Å². The zero-order chi connectivity index (χ0) is 11.8. The van der Waals surface area contributed by atoms with E-state index in [1.54, 1.807) is 0 Å². The van der Waals surface area contributed by atoms with Gasteiger partial charge in [0.15, 0.2) is 0 Å². The van der Waals surface area contributed by atoms with Gasteiger partial charge in [-0.1, -0.05) is 35.0 Å². The molecule has 1 unspecified atom stereocenters. The maximum atomic E-state index is 9.59. The highest BCUT2D eigenvalue weighted by Crippen LogP contribution is 2.59. The Labute approximate surface area is 105 Å². The highest BCUT2D eigenvalue weighted by Gasteiger charge is 2.56. The maximum Gasteiger partial charge on any atom is 0.0505 e. The Hall–Kier alpha value is -0.380. The van der Waals surface area contributed by atoms with Crippen LogP contribution in [0, 0.1) is 5.41 Å². The van der Waals surface area contributed by atoms with E-state index in [1.807, 2.05) is 0 Å². The quantitative estimate of drug-likeness (QED) is 0.892. The van der Waals surface area contributed by atoms with E-state index in [2.05, 4.69) is 47.1 Å². The lowest BCUT2D eigenvalue weighted by Gasteiger charge is -2.36. The predicted octanol–water partition coefficient (Wildman–Crippen LogP) is 2.44. The number of aliphatic hydroxyl groups excluding tert-OH is 1. The molecule has 1 aromatic rings. The van der Waals surface area contributed by atoms with Crippen LogP contribution in [0.2, 0.25) is 0 Å².